The molecule has 1 aliphatic rings. The van der Waals surface area contributed by atoms with Gasteiger partial charge >= 0.3 is 0 Å². The fourth-order valence-electron chi connectivity index (χ4n) is 3.42. The van der Waals surface area contributed by atoms with Crippen LogP contribution in [0.4, 0.5) is 5.82 Å². The standard InChI is InChI=1S/C15H21N7OS/c1-3-6-21-7-4-10-11(9-21)24-14-12(10)13(16-5-8-23-2)17-15-18-19-20-22(14)15/h3-9H2,1-2H3,(H,16,17,18,20)/p+1. The number of methoxy groups -OCH3 is 1. The molecule has 24 heavy (non-hydrogen) atoms. The molecule has 1 unspecified atom stereocenters. The Balaban J connectivity index is 1.82. The minimum absolute atomic E-state index is 0.541. The zero-order valence-electron chi connectivity index (χ0n) is 14.0. The molecule has 4 rings (SSSR count). The lowest BCUT2D eigenvalue weighted by atomic mass is 10.0. The molecule has 0 aromatic carbocycles. The molecule has 2 N–H and O–H groups in total. The molecule has 3 aromatic heterocycles. The van der Waals surface area contributed by atoms with Crippen molar-refractivity contribution in [1.29, 1.82) is 0 Å². The predicted molar refractivity (Wildman–Crippen MR) is 92.7 cm³/mol. The SMILES string of the molecule is CCC[NH+]1CCc2c(sc3c2c(NCCOC)nc2nnnn23)C1. The first-order chi connectivity index (χ1) is 11.8. The van der Waals surface area contributed by atoms with Crippen molar-refractivity contribution in [3.05, 3.63) is 10.4 Å². The average molecular weight is 348 g/mol. The Morgan fingerprint density at radius 1 is 1.42 bits per heavy atom. The highest BCUT2D eigenvalue weighted by Gasteiger charge is 2.27. The zero-order chi connectivity index (χ0) is 16.5. The molecule has 0 aliphatic carbocycles. The van der Waals surface area contributed by atoms with Crippen LogP contribution in [0.25, 0.3) is 16.0 Å². The van der Waals surface area contributed by atoms with Gasteiger partial charge in [0, 0.05) is 20.1 Å². The number of quaternary nitrogens is 1. The quantitative estimate of drug-likeness (QED) is 0.617. The molecule has 0 fully saturated rings. The Bertz CT molecular complexity index is 858. The van der Waals surface area contributed by atoms with E-state index in [1.165, 1.54) is 35.3 Å². The molecule has 1 atom stereocenters. The maximum absolute atomic E-state index is 5.15. The Hall–Kier alpha value is -1.84. The summed E-state index contributed by atoms with van der Waals surface area (Å²) >= 11 is 1.81. The molecule has 1 aliphatic heterocycles. The van der Waals surface area contributed by atoms with Gasteiger partial charge in [0.1, 0.15) is 17.2 Å². The van der Waals surface area contributed by atoms with Gasteiger partial charge in [0.2, 0.25) is 0 Å². The van der Waals surface area contributed by atoms with Crippen LogP contribution in [0, 0.1) is 0 Å². The van der Waals surface area contributed by atoms with Crippen molar-refractivity contribution in [3.8, 4) is 0 Å². The van der Waals surface area contributed by atoms with Crippen molar-refractivity contribution in [1.82, 2.24) is 25.0 Å². The van der Waals surface area contributed by atoms with E-state index in [0.29, 0.717) is 18.9 Å². The first-order valence-corrected chi connectivity index (χ1v) is 9.22. The molecule has 9 heteroatoms. The van der Waals surface area contributed by atoms with Crippen LogP contribution in [0.1, 0.15) is 23.8 Å². The molecule has 0 radical (unpaired) electrons. The molecule has 128 valence electrons. The van der Waals surface area contributed by atoms with Crippen LogP contribution < -0.4 is 10.2 Å². The monoisotopic (exact) mass is 348 g/mol. The fraction of sp³-hybridized carbons (Fsp3) is 0.600. The summed E-state index contributed by atoms with van der Waals surface area (Å²) < 4.78 is 6.91. The van der Waals surface area contributed by atoms with E-state index in [9.17, 15) is 0 Å². The summed E-state index contributed by atoms with van der Waals surface area (Å²) in [7, 11) is 1.70. The Labute approximate surface area is 143 Å². The largest absolute Gasteiger partial charge is 0.383 e. The van der Waals surface area contributed by atoms with Crippen molar-refractivity contribution >= 4 is 33.1 Å². The van der Waals surface area contributed by atoms with E-state index in [1.54, 1.807) is 27.9 Å². The first-order valence-electron chi connectivity index (χ1n) is 8.40. The van der Waals surface area contributed by atoms with Gasteiger partial charge in [-0.1, -0.05) is 12.0 Å². The summed E-state index contributed by atoms with van der Waals surface area (Å²) in [6.45, 7) is 7.10. The highest BCUT2D eigenvalue weighted by atomic mass is 32.1. The van der Waals surface area contributed by atoms with Crippen molar-refractivity contribution in [2.75, 3.05) is 38.7 Å². The van der Waals surface area contributed by atoms with Gasteiger partial charge in [-0.15, -0.1) is 11.3 Å². The van der Waals surface area contributed by atoms with Gasteiger partial charge in [-0.05, 0) is 22.4 Å². The van der Waals surface area contributed by atoms with Gasteiger partial charge < -0.3 is 15.0 Å². The van der Waals surface area contributed by atoms with E-state index in [-0.39, 0.29) is 0 Å². The smallest absolute Gasteiger partial charge is 0.276 e. The zero-order valence-corrected chi connectivity index (χ0v) is 14.8. The van der Waals surface area contributed by atoms with Crippen LogP contribution in [0.5, 0.6) is 0 Å². The van der Waals surface area contributed by atoms with E-state index in [1.807, 2.05) is 0 Å². The maximum Gasteiger partial charge on any atom is 0.276 e. The maximum atomic E-state index is 5.15. The third-order valence-electron chi connectivity index (χ3n) is 4.51. The second-order valence-electron chi connectivity index (χ2n) is 6.13. The third-order valence-corrected chi connectivity index (χ3v) is 5.71. The fourth-order valence-corrected chi connectivity index (χ4v) is 4.78. The van der Waals surface area contributed by atoms with Gasteiger partial charge in [0.05, 0.1) is 30.0 Å². The number of nitrogens with zero attached hydrogens (tertiary/aromatic N) is 5. The topological polar surface area (TPSA) is 81.7 Å². The molecule has 8 nitrogen and oxygen atoms in total. The molecule has 0 saturated carbocycles. The van der Waals surface area contributed by atoms with Crippen LogP contribution in [0.2, 0.25) is 0 Å². The summed E-state index contributed by atoms with van der Waals surface area (Å²) in [5.41, 5.74) is 1.42. The van der Waals surface area contributed by atoms with Crippen LogP contribution in [-0.2, 0) is 17.7 Å². The van der Waals surface area contributed by atoms with Gasteiger partial charge in [-0.3, -0.25) is 0 Å². The number of ether oxygens (including phenoxy) is 1. The average Bonchev–Trinajstić information content (AvgIpc) is 3.18. The van der Waals surface area contributed by atoms with Crippen molar-refractivity contribution < 1.29 is 9.64 Å². The number of rotatable bonds is 6. The number of aromatic nitrogens is 5. The van der Waals surface area contributed by atoms with Gasteiger partial charge in [-0.25, -0.2) is 0 Å². The molecule has 0 amide bonds. The van der Waals surface area contributed by atoms with Crippen molar-refractivity contribution in [2.45, 2.75) is 26.3 Å². The highest BCUT2D eigenvalue weighted by Crippen LogP contribution is 2.36. The Morgan fingerprint density at radius 3 is 3.17 bits per heavy atom. The van der Waals surface area contributed by atoms with Gasteiger partial charge in [0.25, 0.3) is 5.78 Å². The molecule has 3 aromatic rings. The number of nitrogens with one attached hydrogen (secondary N) is 2. The molecule has 0 bridgehead atoms. The summed E-state index contributed by atoms with van der Waals surface area (Å²) in [6, 6.07) is 0. The summed E-state index contributed by atoms with van der Waals surface area (Å²) in [4.78, 5) is 8.82. The van der Waals surface area contributed by atoms with Gasteiger partial charge in [0.15, 0.2) is 0 Å². The second kappa shape index (κ2) is 6.58. The molecule has 4 heterocycles. The number of hydrogen-bond donors (Lipinski definition) is 2. The number of anilines is 1. The normalized spacial score (nSPS) is 17.5. The molecular weight excluding hydrogens is 326 g/mol. The number of thiophene rings is 1. The lowest BCUT2D eigenvalue weighted by Crippen LogP contribution is -3.11. The minimum atomic E-state index is 0.541. The first kappa shape index (κ1) is 15.7. The van der Waals surface area contributed by atoms with E-state index in [4.69, 9.17) is 4.74 Å². The number of fused-ring (bicyclic) bond motifs is 5. The van der Waals surface area contributed by atoms with Crippen LogP contribution >= 0.6 is 11.3 Å². The lowest BCUT2D eigenvalue weighted by Gasteiger charge is -2.23. The molecule has 0 spiro atoms. The van der Waals surface area contributed by atoms with Crippen LogP contribution in [0.3, 0.4) is 0 Å². The number of hydrogen-bond acceptors (Lipinski definition) is 7. The van der Waals surface area contributed by atoms with E-state index < -0.39 is 0 Å². The van der Waals surface area contributed by atoms with Crippen molar-refractivity contribution in [2.24, 2.45) is 0 Å². The predicted octanol–water partition coefficient (Wildman–Crippen LogP) is 0.143. The Morgan fingerprint density at radius 2 is 2.33 bits per heavy atom. The number of tetrazole rings is 1. The van der Waals surface area contributed by atoms with Gasteiger partial charge in [-0.2, -0.15) is 9.50 Å². The van der Waals surface area contributed by atoms with E-state index in [0.717, 1.165) is 23.6 Å². The minimum Gasteiger partial charge on any atom is -0.383 e. The summed E-state index contributed by atoms with van der Waals surface area (Å²) in [5, 5.41) is 16.5. The van der Waals surface area contributed by atoms with E-state index >= 15 is 0 Å². The third kappa shape index (κ3) is 2.62. The summed E-state index contributed by atoms with van der Waals surface area (Å²) in [6.07, 6.45) is 2.30. The molecule has 0 saturated heterocycles. The summed E-state index contributed by atoms with van der Waals surface area (Å²) in [5.74, 6) is 1.42. The lowest BCUT2D eigenvalue weighted by molar-refractivity contribution is -0.915. The molecular formula is C15H22N7OS+. The van der Waals surface area contributed by atoms with Crippen LogP contribution in [0.15, 0.2) is 0 Å². The second-order valence-corrected chi connectivity index (χ2v) is 7.22. The van der Waals surface area contributed by atoms with Crippen LogP contribution in [-0.4, -0.2) is 58.4 Å². The van der Waals surface area contributed by atoms with E-state index in [2.05, 4.69) is 32.7 Å². The Kier molecular flexibility index (Phi) is 4.30. The van der Waals surface area contributed by atoms with Crippen molar-refractivity contribution in [3.63, 3.8) is 0 Å². The highest BCUT2D eigenvalue weighted by molar-refractivity contribution is 7.19.